The lowest BCUT2D eigenvalue weighted by atomic mass is 10.3. The summed E-state index contributed by atoms with van der Waals surface area (Å²) >= 11 is 0. The highest BCUT2D eigenvalue weighted by molar-refractivity contribution is 7.90. The highest BCUT2D eigenvalue weighted by atomic mass is 32.2. The van der Waals surface area contributed by atoms with Crippen LogP contribution in [0.1, 0.15) is 0 Å². The summed E-state index contributed by atoms with van der Waals surface area (Å²) < 4.78 is 36.0. The number of anilines is 1. The maximum atomic E-state index is 13.3. The molecule has 0 saturated carbocycles. The fourth-order valence-electron chi connectivity index (χ4n) is 1.21. The van der Waals surface area contributed by atoms with E-state index in [9.17, 15) is 17.6 Å². The van der Waals surface area contributed by atoms with Crippen LogP contribution >= 0.6 is 0 Å². The molecule has 1 aromatic carbocycles. The Morgan fingerprint density at radius 1 is 1.50 bits per heavy atom. The molecule has 1 amide bonds. The number of amides is 1. The van der Waals surface area contributed by atoms with Gasteiger partial charge >= 0.3 is 0 Å². The fraction of sp³-hybridized carbons (Fsp3) is 0.222. The van der Waals surface area contributed by atoms with Gasteiger partial charge < -0.3 is 11.1 Å². The fourth-order valence-corrected chi connectivity index (χ4v) is 2.17. The molecule has 0 aliphatic heterocycles. The summed E-state index contributed by atoms with van der Waals surface area (Å²) in [5, 5.41) is 2.47. The third kappa shape index (κ3) is 2.93. The Hall–Kier alpha value is -1.63. The third-order valence-electron chi connectivity index (χ3n) is 1.79. The van der Waals surface area contributed by atoms with Gasteiger partial charge in [-0.25, -0.2) is 12.8 Å². The van der Waals surface area contributed by atoms with Crippen LogP contribution in [0.4, 0.5) is 10.1 Å². The summed E-state index contributed by atoms with van der Waals surface area (Å²) in [6.07, 6.45) is 0.890. The molecular formula is C9H11FN2O3S. The minimum atomic E-state index is -3.70. The number of carbonyl (C=O) groups excluding carboxylic acids is 1. The van der Waals surface area contributed by atoms with Crippen LogP contribution in [0.5, 0.6) is 0 Å². The minimum absolute atomic E-state index is 0.0290. The van der Waals surface area contributed by atoms with Crippen LogP contribution in [0.2, 0.25) is 0 Å². The maximum absolute atomic E-state index is 13.3. The van der Waals surface area contributed by atoms with E-state index in [1.54, 1.807) is 0 Å². The van der Waals surface area contributed by atoms with Crippen LogP contribution in [-0.4, -0.2) is 27.1 Å². The van der Waals surface area contributed by atoms with E-state index in [0.29, 0.717) is 0 Å². The SMILES string of the molecule is CS(=O)(=O)c1c(F)cccc1NCC(N)=O. The van der Waals surface area contributed by atoms with Crippen LogP contribution < -0.4 is 11.1 Å². The van der Waals surface area contributed by atoms with E-state index in [1.807, 2.05) is 0 Å². The number of carbonyl (C=O) groups is 1. The Morgan fingerprint density at radius 3 is 2.62 bits per heavy atom. The average Bonchev–Trinajstić information content (AvgIpc) is 2.12. The van der Waals surface area contributed by atoms with Gasteiger partial charge in [-0.15, -0.1) is 0 Å². The molecule has 0 bridgehead atoms. The molecule has 0 aliphatic rings. The second-order valence-corrected chi connectivity index (χ2v) is 5.16. The number of halogens is 1. The van der Waals surface area contributed by atoms with Crippen molar-refractivity contribution in [2.75, 3.05) is 18.1 Å². The van der Waals surface area contributed by atoms with E-state index in [2.05, 4.69) is 5.32 Å². The van der Waals surface area contributed by atoms with Gasteiger partial charge in [-0.2, -0.15) is 0 Å². The Bertz CT molecular complexity index is 513. The second-order valence-electron chi connectivity index (χ2n) is 3.21. The molecule has 1 aromatic rings. The van der Waals surface area contributed by atoms with E-state index in [-0.39, 0.29) is 12.2 Å². The van der Waals surface area contributed by atoms with Gasteiger partial charge in [0.1, 0.15) is 10.7 Å². The molecule has 0 radical (unpaired) electrons. The first-order chi connectivity index (χ1) is 7.32. The molecule has 0 unspecified atom stereocenters. The monoisotopic (exact) mass is 246 g/mol. The number of nitrogens with two attached hydrogens (primary N) is 1. The highest BCUT2D eigenvalue weighted by Gasteiger charge is 2.18. The van der Waals surface area contributed by atoms with Crippen LogP contribution in [0.3, 0.4) is 0 Å². The number of rotatable bonds is 4. The van der Waals surface area contributed by atoms with Gasteiger partial charge in [0.25, 0.3) is 0 Å². The summed E-state index contributed by atoms with van der Waals surface area (Å²) in [6.45, 7) is -0.258. The summed E-state index contributed by atoms with van der Waals surface area (Å²) in [4.78, 5) is 10.1. The number of hydrogen-bond acceptors (Lipinski definition) is 4. The van der Waals surface area contributed by atoms with Crippen molar-refractivity contribution >= 4 is 21.4 Å². The predicted molar refractivity (Wildman–Crippen MR) is 57.2 cm³/mol. The zero-order chi connectivity index (χ0) is 12.3. The van der Waals surface area contributed by atoms with Crippen molar-refractivity contribution in [3.63, 3.8) is 0 Å². The van der Waals surface area contributed by atoms with E-state index in [0.717, 1.165) is 12.3 Å². The van der Waals surface area contributed by atoms with E-state index < -0.39 is 26.5 Å². The topological polar surface area (TPSA) is 89.3 Å². The molecule has 0 aliphatic carbocycles. The van der Waals surface area contributed by atoms with Crippen LogP contribution in [-0.2, 0) is 14.6 Å². The Balaban J connectivity index is 3.19. The number of sulfone groups is 1. The van der Waals surface area contributed by atoms with Crippen LogP contribution in [0.25, 0.3) is 0 Å². The van der Waals surface area contributed by atoms with Gasteiger partial charge in [-0.1, -0.05) is 6.07 Å². The molecule has 5 nitrogen and oxygen atoms in total. The zero-order valence-electron chi connectivity index (χ0n) is 8.53. The van der Waals surface area contributed by atoms with Gasteiger partial charge in [0.05, 0.1) is 12.2 Å². The summed E-state index contributed by atoms with van der Waals surface area (Å²) in [6, 6.07) is 3.74. The Labute approximate surface area is 92.4 Å². The highest BCUT2D eigenvalue weighted by Crippen LogP contribution is 2.23. The summed E-state index contributed by atoms with van der Waals surface area (Å²) in [5.74, 6) is -1.53. The molecule has 0 aromatic heterocycles. The van der Waals surface area contributed by atoms with E-state index in [4.69, 9.17) is 5.73 Å². The average molecular weight is 246 g/mol. The van der Waals surface area contributed by atoms with Crippen molar-refractivity contribution in [1.29, 1.82) is 0 Å². The van der Waals surface area contributed by atoms with E-state index in [1.165, 1.54) is 12.1 Å². The van der Waals surface area contributed by atoms with Crippen molar-refractivity contribution in [2.45, 2.75) is 4.90 Å². The molecule has 1 rings (SSSR count). The normalized spacial score (nSPS) is 11.1. The van der Waals surface area contributed by atoms with E-state index >= 15 is 0 Å². The third-order valence-corrected chi connectivity index (χ3v) is 2.95. The van der Waals surface area contributed by atoms with Gasteiger partial charge in [-0.05, 0) is 12.1 Å². The van der Waals surface area contributed by atoms with Crippen molar-refractivity contribution in [2.24, 2.45) is 5.73 Å². The first-order valence-electron chi connectivity index (χ1n) is 4.33. The number of hydrogen-bond donors (Lipinski definition) is 2. The van der Waals surface area contributed by atoms with Crippen molar-refractivity contribution < 1.29 is 17.6 Å². The van der Waals surface area contributed by atoms with Gasteiger partial charge in [0, 0.05) is 6.26 Å². The number of nitrogens with one attached hydrogen (secondary N) is 1. The summed E-state index contributed by atoms with van der Waals surface area (Å²) in [5.41, 5.74) is 4.92. The standard InChI is InChI=1S/C9H11FN2O3S/c1-16(14,15)9-6(10)3-2-4-7(9)12-5-8(11)13/h2-4,12H,5H2,1H3,(H2,11,13). The maximum Gasteiger partial charge on any atom is 0.236 e. The molecule has 88 valence electrons. The quantitative estimate of drug-likeness (QED) is 0.790. The van der Waals surface area contributed by atoms with Gasteiger partial charge in [0.15, 0.2) is 9.84 Å². The second kappa shape index (κ2) is 4.48. The first kappa shape index (κ1) is 12.4. The first-order valence-corrected chi connectivity index (χ1v) is 6.22. The molecule has 0 heterocycles. The predicted octanol–water partition coefficient (Wildman–Crippen LogP) is 0.126. The lowest BCUT2D eigenvalue weighted by molar-refractivity contribution is -0.116. The molecule has 16 heavy (non-hydrogen) atoms. The molecule has 0 spiro atoms. The molecule has 0 fully saturated rings. The lowest BCUT2D eigenvalue weighted by Crippen LogP contribution is -2.22. The molecule has 0 atom stereocenters. The van der Waals surface area contributed by atoms with Crippen LogP contribution in [0, 0.1) is 5.82 Å². The Morgan fingerprint density at radius 2 is 2.12 bits per heavy atom. The number of primary amides is 1. The zero-order valence-corrected chi connectivity index (χ0v) is 9.34. The molecular weight excluding hydrogens is 235 g/mol. The van der Waals surface area contributed by atoms with Crippen molar-refractivity contribution in [3.8, 4) is 0 Å². The summed E-state index contributed by atoms with van der Waals surface area (Å²) in [7, 11) is -3.70. The molecule has 3 N–H and O–H groups in total. The molecule has 0 saturated heterocycles. The minimum Gasteiger partial charge on any atom is -0.375 e. The molecule has 7 heteroatoms. The largest absolute Gasteiger partial charge is 0.375 e. The Kier molecular flexibility index (Phi) is 3.48. The lowest BCUT2D eigenvalue weighted by Gasteiger charge is -2.09. The number of benzene rings is 1. The van der Waals surface area contributed by atoms with Gasteiger partial charge in [0.2, 0.25) is 5.91 Å². The smallest absolute Gasteiger partial charge is 0.236 e. The van der Waals surface area contributed by atoms with Crippen molar-refractivity contribution in [3.05, 3.63) is 24.0 Å². The van der Waals surface area contributed by atoms with Crippen molar-refractivity contribution in [1.82, 2.24) is 0 Å². The van der Waals surface area contributed by atoms with Crippen LogP contribution in [0.15, 0.2) is 23.1 Å². The van der Waals surface area contributed by atoms with Gasteiger partial charge in [-0.3, -0.25) is 4.79 Å².